The molecule has 0 saturated carbocycles. The van der Waals surface area contributed by atoms with Crippen LogP contribution in [0.4, 0.5) is 10.5 Å². The molecule has 0 spiro atoms. The number of ether oxygens (including phenoxy) is 1. The van der Waals surface area contributed by atoms with Crippen molar-refractivity contribution in [1.29, 1.82) is 0 Å². The maximum absolute atomic E-state index is 11.5. The van der Waals surface area contributed by atoms with E-state index in [-0.39, 0.29) is 6.61 Å². The minimum Gasteiger partial charge on any atom is -0.449 e. The number of anilines is 1. The van der Waals surface area contributed by atoms with Crippen LogP contribution in [0.1, 0.15) is 6.92 Å². The summed E-state index contributed by atoms with van der Waals surface area (Å²) in [4.78, 5) is 11.0. The molecule has 0 fully saturated rings. The number of hydrogen-bond acceptors (Lipinski definition) is 4. The van der Waals surface area contributed by atoms with Crippen molar-refractivity contribution in [2.24, 2.45) is 0 Å². The van der Waals surface area contributed by atoms with Gasteiger partial charge in [0.25, 0.3) is 0 Å². The molecule has 1 amide bonds. The first-order valence-corrected chi connectivity index (χ1v) is 6.94. The minimum atomic E-state index is -3.98. The van der Waals surface area contributed by atoms with Gasteiger partial charge in [-0.2, -0.15) is 8.42 Å². The van der Waals surface area contributed by atoms with Crippen LogP contribution in [-0.2, 0) is 14.9 Å². The van der Waals surface area contributed by atoms with Crippen LogP contribution in [0.5, 0.6) is 0 Å². The summed E-state index contributed by atoms with van der Waals surface area (Å²) in [5.41, 5.74) is 0.323. The van der Waals surface area contributed by atoms with E-state index in [0.717, 1.165) is 0 Å². The Morgan fingerprint density at radius 1 is 1.41 bits per heavy atom. The highest BCUT2D eigenvalue weighted by Crippen LogP contribution is 2.21. The lowest BCUT2D eigenvalue weighted by Gasteiger charge is -2.10. The molecule has 0 aromatic heterocycles. The summed E-state index contributed by atoms with van der Waals surface area (Å²) in [6.07, 6.45) is -1.02. The molecule has 0 atom stereocenters. The third kappa shape index (κ3) is 4.61. The van der Waals surface area contributed by atoms with Gasteiger partial charge in [-0.15, -0.1) is 0 Å². The predicted octanol–water partition coefficient (Wildman–Crippen LogP) is 1.85. The lowest BCUT2D eigenvalue weighted by Crippen LogP contribution is -2.35. The Labute approximate surface area is 108 Å². The van der Waals surface area contributed by atoms with Gasteiger partial charge >= 0.3 is 16.3 Å². The highest BCUT2D eigenvalue weighted by molar-refractivity contribution is 9.10. The molecule has 6 nitrogen and oxygen atoms in total. The highest BCUT2D eigenvalue weighted by atomic mass is 79.9. The zero-order valence-electron chi connectivity index (χ0n) is 8.94. The van der Waals surface area contributed by atoms with Gasteiger partial charge in [-0.1, -0.05) is 12.1 Å². The lowest BCUT2D eigenvalue weighted by atomic mass is 10.3. The topological polar surface area (TPSA) is 84.5 Å². The molecule has 0 heterocycles. The van der Waals surface area contributed by atoms with Gasteiger partial charge in [0.2, 0.25) is 0 Å². The van der Waals surface area contributed by atoms with Gasteiger partial charge < -0.3 is 4.74 Å². The van der Waals surface area contributed by atoms with Crippen molar-refractivity contribution in [2.45, 2.75) is 6.92 Å². The number of rotatable bonds is 4. The second kappa shape index (κ2) is 5.87. The van der Waals surface area contributed by atoms with Crippen LogP contribution >= 0.6 is 15.9 Å². The number of hydrogen-bond donors (Lipinski definition) is 2. The zero-order valence-corrected chi connectivity index (χ0v) is 11.3. The van der Waals surface area contributed by atoms with E-state index >= 15 is 0 Å². The third-order valence-electron chi connectivity index (χ3n) is 1.61. The second-order valence-electron chi connectivity index (χ2n) is 2.91. The largest absolute Gasteiger partial charge is 0.449 e. The number of amides is 1. The summed E-state index contributed by atoms with van der Waals surface area (Å²) in [6.45, 7) is 1.67. The van der Waals surface area contributed by atoms with E-state index in [1.165, 1.54) is 0 Å². The first-order valence-electron chi connectivity index (χ1n) is 4.66. The molecule has 1 rings (SSSR count). The Balaban J connectivity index is 2.74. The molecular formula is C9H11BrN2O4S. The molecule has 94 valence electrons. The van der Waals surface area contributed by atoms with Crippen LogP contribution in [0.25, 0.3) is 0 Å². The van der Waals surface area contributed by atoms with Crippen molar-refractivity contribution in [3.8, 4) is 0 Å². The Morgan fingerprint density at radius 2 is 2.06 bits per heavy atom. The summed E-state index contributed by atoms with van der Waals surface area (Å²) in [7, 11) is -3.98. The van der Waals surface area contributed by atoms with Crippen LogP contribution < -0.4 is 9.44 Å². The molecule has 2 N–H and O–H groups in total. The standard InChI is InChI=1S/C9H11BrN2O4S/c1-2-16-9(13)12-17(14,15)11-8-6-4-3-5-7(8)10/h3-6,11H,2H2,1H3,(H,12,13). The lowest BCUT2D eigenvalue weighted by molar-refractivity contribution is 0.159. The first-order chi connectivity index (χ1) is 7.94. The van der Waals surface area contributed by atoms with Crippen LogP contribution in [-0.4, -0.2) is 21.1 Å². The van der Waals surface area contributed by atoms with Crippen molar-refractivity contribution in [3.05, 3.63) is 28.7 Å². The first kappa shape index (κ1) is 13.8. The Morgan fingerprint density at radius 3 is 2.65 bits per heavy atom. The number of benzene rings is 1. The van der Waals surface area contributed by atoms with Crippen LogP contribution in [0, 0.1) is 0 Å². The molecule has 0 radical (unpaired) electrons. The predicted molar refractivity (Wildman–Crippen MR) is 66.8 cm³/mol. The van der Waals surface area contributed by atoms with E-state index < -0.39 is 16.3 Å². The molecule has 0 bridgehead atoms. The maximum Gasteiger partial charge on any atom is 0.422 e. The average molecular weight is 323 g/mol. The van der Waals surface area contributed by atoms with Gasteiger partial charge in [-0.05, 0) is 35.0 Å². The van der Waals surface area contributed by atoms with Crippen LogP contribution in [0.2, 0.25) is 0 Å². The minimum absolute atomic E-state index is 0.0936. The van der Waals surface area contributed by atoms with E-state index in [1.807, 2.05) is 0 Å². The number of carbonyl (C=O) groups is 1. The highest BCUT2D eigenvalue weighted by Gasteiger charge is 2.15. The SMILES string of the molecule is CCOC(=O)NS(=O)(=O)Nc1ccccc1Br. The normalized spacial score (nSPS) is 10.7. The molecular weight excluding hydrogens is 312 g/mol. The Hall–Kier alpha value is -1.28. The Bertz CT molecular complexity index is 503. The van der Waals surface area contributed by atoms with Gasteiger partial charge in [0, 0.05) is 4.47 Å². The molecule has 17 heavy (non-hydrogen) atoms. The Kier molecular flexibility index (Phi) is 4.76. The summed E-state index contributed by atoms with van der Waals surface area (Å²) in [5.74, 6) is 0. The number of halogens is 1. The quantitative estimate of drug-likeness (QED) is 0.886. The van der Waals surface area contributed by atoms with Crippen molar-refractivity contribution < 1.29 is 17.9 Å². The fraction of sp³-hybridized carbons (Fsp3) is 0.222. The van der Waals surface area contributed by atoms with Gasteiger partial charge in [0.15, 0.2) is 0 Å². The van der Waals surface area contributed by atoms with Crippen molar-refractivity contribution in [1.82, 2.24) is 4.72 Å². The van der Waals surface area contributed by atoms with Crippen LogP contribution in [0.3, 0.4) is 0 Å². The average Bonchev–Trinajstić information content (AvgIpc) is 2.20. The fourth-order valence-electron chi connectivity index (χ4n) is 0.985. The molecule has 0 saturated heterocycles. The fourth-order valence-corrected chi connectivity index (χ4v) is 2.30. The van der Waals surface area contributed by atoms with E-state index in [1.54, 1.807) is 35.9 Å². The van der Waals surface area contributed by atoms with Crippen molar-refractivity contribution >= 4 is 37.9 Å². The van der Waals surface area contributed by atoms with E-state index in [2.05, 4.69) is 25.4 Å². The number of nitrogens with one attached hydrogen (secondary N) is 2. The molecule has 0 aliphatic heterocycles. The third-order valence-corrected chi connectivity index (χ3v) is 3.23. The summed E-state index contributed by atoms with van der Waals surface area (Å²) >= 11 is 3.17. The molecule has 8 heteroatoms. The smallest absolute Gasteiger partial charge is 0.422 e. The van der Waals surface area contributed by atoms with Crippen molar-refractivity contribution in [2.75, 3.05) is 11.3 Å². The zero-order chi connectivity index (χ0) is 12.9. The maximum atomic E-state index is 11.5. The second-order valence-corrected chi connectivity index (χ2v) is 5.18. The van der Waals surface area contributed by atoms with Gasteiger partial charge in [-0.3, -0.25) is 4.72 Å². The van der Waals surface area contributed by atoms with Gasteiger partial charge in [-0.25, -0.2) is 9.52 Å². The number of carbonyl (C=O) groups excluding carboxylic acids is 1. The summed E-state index contributed by atoms with van der Waals surface area (Å²) in [6, 6.07) is 6.62. The molecule has 1 aromatic rings. The summed E-state index contributed by atoms with van der Waals surface area (Å²) in [5, 5.41) is 0. The molecule has 1 aromatic carbocycles. The summed E-state index contributed by atoms with van der Waals surface area (Å²) < 4.78 is 31.9. The van der Waals surface area contributed by atoms with Crippen molar-refractivity contribution in [3.63, 3.8) is 0 Å². The monoisotopic (exact) mass is 322 g/mol. The number of para-hydroxylation sites is 1. The molecule has 0 aliphatic rings. The molecule has 0 aliphatic carbocycles. The van der Waals surface area contributed by atoms with Crippen LogP contribution in [0.15, 0.2) is 28.7 Å². The van der Waals surface area contributed by atoms with E-state index in [9.17, 15) is 13.2 Å². The van der Waals surface area contributed by atoms with Gasteiger partial charge in [0.1, 0.15) is 0 Å². The molecule has 0 unspecified atom stereocenters. The van der Waals surface area contributed by atoms with E-state index in [0.29, 0.717) is 10.2 Å². The van der Waals surface area contributed by atoms with E-state index in [4.69, 9.17) is 0 Å². The van der Waals surface area contributed by atoms with Gasteiger partial charge in [0.05, 0.1) is 12.3 Å².